The number of allylic oxidation sites excluding steroid dienone is 6. The summed E-state index contributed by atoms with van der Waals surface area (Å²) in [5, 5.41) is 69.3. The molecule has 0 saturated heterocycles. The summed E-state index contributed by atoms with van der Waals surface area (Å²) >= 11 is 0. The number of fused-ring (bicyclic) bond motifs is 1. The third-order valence-electron chi connectivity index (χ3n) is 4.64. The van der Waals surface area contributed by atoms with Crippen LogP contribution in [0.4, 0.5) is 4.39 Å². The number of rotatable bonds is 3. The minimum absolute atomic E-state index is 0.0150. The van der Waals surface area contributed by atoms with Crippen LogP contribution < -0.4 is 10.9 Å². The lowest BCUT2D eigenvalue weighted by Gasteiger charge is -2.19. The van der Waals surface area contributed by atoms with Crippen LogP contribution in [0.3, 0.4) is 0 Å². The Balaban J connectivity index is 3.09. The minimum atomic E-state index is -1.12. The van der Waals surface area contributed by atoms with Crippen molar-refractivity contribution in [2.75, 3.05) is 0 Å². The number of phenols is 5. The predicted molar refractivity (Wildman–Crippen MR) is 111 cm³/mol. The summed E-state index contributed by atoms with van der Waals surface area (Å²) in [5.74, 6) is -4.76. The van der Waals surface area contributed by atoms with E-state index in [1.807, 2.05) is 0 Å². The van der Waals surface area contributed by atoms with E-state index in [1.165, 1.54) is 34.8 Å². The van der Waals surface area contributed by atoms with Crippen molar-refractivity contribution in [1.29, 1.82) is 10.5 Å². The van der Waals surface area contributed by atoms with Gasteiger partial charge >= 0.3 is 0 Å². The van der Waals surface area contributed by atoms with Crippen LogP contribution in [0.2, 0.25) is 0 Å². The maximum atomic E-state index is 14.0. The molecule has 2 aromatic rings. The van der Waals surface area contributed by atoms with Crippen molar-refractivity contribution in [1.82, 2.24) is 0 Å². The molecule has 2 rings (SSSR count). The average molecular weight is 392 g/mol. The third-order valence-corrected chi connectivity index (χ3v) is 4.64. The number of nitriles is 2. The fraction of sp³-hybridized carbons (Fsp3) is 0.0526. The SMILES string of the molecule is Bc1c(O)c(O)c2c(C(/C=C(C#N)\C(F)=C\C#N)=C/C)c(O)c(O)c(O)c2c1B. The summed E-state index contributed by atoms with van der Waals surface area (Å²) in [5.41, 5.74) is -0.253. The van der Waals surface area contributed by atoms with Crippen molar-refractivity contribution < 1.29 is 29.9 Å². The lowest BCUT2D eigenvalue weighted by Crippen LogP contribution is -2.27. The molecule has 29 heavy (non-hydrogen) atoms. The zero-order chi connectivity index (χ0) is 22.0. The molecule has 7 nitrogen and oxygen atoms in total. The summed E-state index contributed by atoms with van der Waals surface area (Å²) in [6, 6.07) is 3.04. The zero-order valence-corrected chi connectivity index (χ0v) is 15.7. The standard InChI is InChI=1S/C19H15B2FN2O5/c1-2-7(5-8(6-24)9(22)3-4-23)10-11-12(17(27)19(29)15(10)25)13(20)14(21)18(28)16(11)26/h2-3,5,25-29H,20-21H2,1H3/b7-2+,8-5-,9-3-. The molecule has 2 aromatic carbocycles. The fourth-order valence-corrected chi connectivity index (χ4v) is 3.00. The second-order valence-corrected chi connectivity index (χ2v) is 6.15. The van der Waals surface area contributed by atoms with E-state index >= 15 is 0 Å². The zero-order valence-electron chi connectivity index (χ0n) is 15.7. The largest absolute Gasteiger partial charge is 0.505 e. The number of halogens is 1. The topological polar surface area (TPSA) is 149 Å². The molecular formula is C19H15B2FN2O5. The van der Waals surface area contributed by atoms with Crippen LogP contribution in [0, 0.1) is 22.7 Å². The molecule has 144 valence electrons. The summed E-state index contributed by atoms with van der Waals surface area (Å²) in [4.78, 5) is 0. The van der Waals surface area contributed by atoms with Crippen LogP contribution in [-0.4, -0.2) is 41.2 Å². The monoisotopic (exact) mass is 392 g/mol. The molecule has 0 radical (unpaired) electrons. The van der Waals surface area contributed by atoms with Crippen molar-refractivity contribution in [3.8, 4) is 40.9 Å². The van der Waals surface area contributed by atoms with E-state index in [0.717, 1.165) is 6.08 Å². The van der Waals surface area contributed by atoms with Gasteiger partial charge in [0.2, 0.25) is 5.75 Å². The van der Waals surface area contributed by atoms with Crippen molar-refractivity contribution in [2.24, 2.45) is 0 Å². The summed E-state index contributed by atoms with van der Waals surface area (Å²) in [6.45, 7) is 1.49. The molecule has 0 aliphatic carbocycles. The Kier molecular flexibility index (Phi) is 5.80. The van der Waals surface area contributed by atoms with Crippen LogP contribution in [0.15, 0.2) is 29.6 Å². The second kappa shape index (κ2) is 7.91. The molecule has 0 aliphatic heterocycles. The van der Waals surface area contributed by atoms with E-state index in [9.17, 15) is 35.2 Å². The van der Waals surface area contributed by atoms with Gasteiger partial charge in [-0.05, 0) is 24.0 Å². The normalized spacial score (nSPS) is 12.6. The molecule has 0 saturated carbocycles. The fourth-order valence-electron chi connectivity index (χ4n) is 3.00. The van der Waals surface area contributed by atoms with Gasteiger partial charge in [-0.25, -0.2) is 4.39 Å². The molecule has 0 aromatic heterocycles. The van der Waals surface area contributed by atoms with Gasteiger partial charge in [0, 0.05) is 16.3 Å². The van der Waals surface area contributed by atoms with Crippen LogP contribution in [0.1, 0.15) is 12.5 Å². The number of benzene rings is 2. The highest BCUT2D eigenvalue weighted by Crippen LogP contribution is 2.50. The molecule has 0 unspecified atom stereocenters. The molecule has 0 fully saturated rings. The van der Waals surface area contributed by atoms with Gasteiger partial charge in [-0.15, -0.1) is 0 Å². The maximum Gasteiger partial charge on any atom is 0.201 e. The average Bonchev–Trinajstić information content (AvgIpc) is 2.70. The molecule has 0 heterocycles. The molecule has 0 amide bonds. The summed E-state index contributed by atoms with van der Waals surface area (Å²) < 4.78 is 14.0. The second-order valence-electron chi connectivity index (χ2n) is 6.15. The third kappa shape index (κ3) is 3.32. The first-order chi connectivity index (χ1) is 13.6. The Morgan fingerprint density at radius 1 is 0.897 bits per heavy atom. The summed E-state index contributed by atoms with van der Waals surface area (Å²) in [7, 11) is 3.01. The van der Waals surface area contributed by atoms with E-state index in [-0.39, 0.29) is 27.4 Å². The molecule has 10 heteroatoms. The van der Waals surface area contributed by atoms with Crippen LogP contribution >= 0.6 is 0 Å². The molecule has 0 bridgehead atoms. The van der Waals surface area contributed by atoms with E-state index in [4.69, 9.17) is 5.26 Å². The van der Waals surface area contributed by atoms with E-state index in [2.05, 4.69) is 0 Å². The minimum Gasteiger partial charge on any atom is -0.505 e. The van der Waals surface area contributed by atoms with Gasteiger partial charge in [0.1, 0.15) is 21.8 Å². The first kappa shape index (κ1) is 21.3. The van der Waals surface area contributed by atoms with E-state index in [1.54, 1.807) is 6.07 Å². The number of phenolic OH excluding ortho intramolecular Hbond substituents is 5. The van der Waals surface area contributed by atoms with Crippen LogP contribution in [0.25, 0.3) is 16.3 Å². The van der Waals surface area contributed by atoms with E-state index < -0.39 is 40.1 Å². The highest BCUT2D eigenvalue weighted by molar-refractivity contribution is 6.55. The molecule has 0 spiro atoms. The Labute approximate surface area is 167 Å². The van der Waals surface area contributed by atoms with Crippen molar-refractivity contribution >= 4 is 43.0 Å². The Bertz CT molecular complexity index is 1210. The van der Waals surface area contributed by atoms with Crippen LogP contribution in [0.5, 0.6) is 28.7 Å². The molecule has 0 atom stereocenters. The maximum absolute atomic E-state index is 14.0. The van der Waals surface area contributed by atoms with Gasteiger partial charge in [0.15, 0.2) is 28.8 Å². The van der Waals surface area contributed by atoms with Gasteiger partial charge in [-0.1, -0.05) is 11.5 Å². The lowest BCUT2D eigenvalue weighted by atomic mass is 9.75. The first-order valence-electron chi connectivity index (χ1n) is 8.27. The van der Waals surface area contributed by atoms with Crippen molar-refractivity contribution in [2.45, 2.75) is 6.92 Å². The number of hydrogen-bond acceptors (Lipinski definition) is 7. The smallest absolute Gasteiger partial charge is 0.201 e. The molecular weight excluding hydrogens is 377 g/mol. The van der Waals surface area contributed by atoms with E-state index in [0.29, 0.717) is 11.5 Å². The van der Waals surface area contributed by atoms with Crippen molar-refractivity contribution in [3.63, 3.8) is 0 Å². The Morgan fingerprint density at radius 3 is 2.00 bits per heavy atom. The molecule has 0 aliphatic rings. The van der Waals surface area contributed by atoms with Crippen LogP contribution in [-0.2, 0) is 0 Å². The van der Waals surface area contributed by atoms with Gasteiger partial charge in [0.25, 0.3) is 0 Å². The van der Waals surface area contributed by atoms with Gasteiger partial charge in [-0.3, -0.25) is 0 Å². The van der Waals surface area contributed by atoms with Gasteiger partial charge < -0.3 is 25.5 Å². The Morgan fingerprint density at radius 2 is 1.48 bits per heavy atom. The quantitative estimate of drug-likeness (QED) is 0.216. The summed E-state index contributed by atoms with van der Waals surface area (Å²) in [6.07, 6.45) is 2.87. The number of nitrogens with zero attached hydrogens (tertiary/aromatic N) is 2. The highest BCUT2D eigenvalue weighted by Gasteiger charge is 2.26. The van der Waals surface area contributed by atoms with Gasteiger partial charge in [-0.2, -0.15) is 10.5 Å². The first-order valence-corrected chi connectivity index (χ1v) is 8.27. The van der Waals surface area contributed by atoms with Crippen molar-refractivity contribution in [3.05, 3.63) is 35.2 Å². The number of aromatic hydroxyl groups is 5. The molecule has 5 N–H and O–H groups in total. The highest BCUT2D eigenvalue weighted by atomic mass is 19.1. The Hall–Kier alpha value is -4.04. The predicted octanol–water partition coefficient (Wildman–Crippen LogP) is 0.115. The lowest BCUT2D eigenvalue weighted by molar-refractivity contribution is 0.370. The number of hydrogen-bond donors (Lipinski definition) is 5. The van der Waals surface area contributed by atoms with Gasteiger partial charge in [0.05, 0.1) is 17.7 Å².